The van der Waals surface area contributed by atoms with Gasteiger partial charge in [-0.2, -0.15) is 9.97 Å². The summed E-state index contributed by atoms with van der Waals surface area (Å²) in [6, 6.07) is 4.40. The molecule has 2 fully saturated rings. The molecule has 11 heteroatoms. The summed E-state index contributed by atoms with van der Waals surface area (Å²) in [7, 11) is 2.14. The molecule has 1 saturated heterocycles. The minimum Gasteiger partial charge on any atom is -0.368 e. The Bertz CT molecular complexity index is 1110. The van der Waals surface area contributed by atoms with Crippen molar-refractivity contribution in [1.29, 1.82) is 0 Å². The molecule has 1 aliphatic carbocycles. The first-order valence-electron chi connectivity index (χ1n) is 11.5. The fourth-order valence-corrected chi connectivity index (χ4v) is 4.52. The van der Waals surface area contributed by atoms with Crippen LogP contribution in [-0.4, -0.2) is 75.1 Å². The molecule has 174 valence electrons. The number of hydrogen-bond donors (Lipinski definition) is 3. The number of carbonyl (C=O) groups excluding carboxylic acids is 1. The average Bonchev–Trinajstić information content (AvgIpc) is 3.49. The van der Waals surface area contributed by atoms with Gasteiger partial charge in [0.15, 0.2) is 17.0 Å². The highest BCUT2D eigenvalue weighted by Gasteiger charge is 2.22. The van der Waals surface area contributed by atoms with Gasteiger partial charge >= 0.3 is 0 Å². The summed E-state index contributed by atoms with van der Waals surface area (Å²) in [5, 5.41) is 6.27. The second-order valence-corrected chi connectivity index (χ2v) is 8.80. The lowest BCUT2D eigenvalue weighted by atomic mass is 10.2. The van der Waals surface area contributed by atoms with Crippen molar-refractivity contribution in [3.05, 3.63) is 24.7 Å². The molecule has 0 bridgehead atoms. The van der Waals surface area contributed by atoms with E-state index in [-0.39, 0.29) is 6.54 Å². The number of rotatable bonds is 7. The fraction of sp³-hybridized carbons (Fsp3) is 0.500. The first-order chi connectivity index (χ1) is 16.1. The van der Waals surface area contributed by atoms with Gasteiger partial charge in [0.05, 0.1) is 24.8 Å². The number of nitrogens with two attached hydrogens (primary N) is 1. The number of hydrogen-bond acceptors (Lipinski definition) is 9. The third kappa shape index (κ3) is 4.68. The molecule has 1 amide bonds. The van der Waals surface area contributed by atoms with Crippen LogP contribution in [0.4, 0.5) is 23.3 Å². The Labute approximate surface area is 192 Å². The lowest BCUT2D eigenvalue weighted by Gasteiger charge is -2.33. The molecule has 2 aliphatic rings. The molecule has 0 unspecified atom stereocenters. The highest BCUT2D eigenvalue weighted by molar-refractivity contribution is 5.87. The molecule has 11 nitrogen and oxygen atoms in total. The van der Waals surface area contributed by atoms with Crippen molar-refractivity contribution in [3.8, 4) is 0 Å². The summed E-state index contributed by atoms with van der Waals surface area (Å²) in [5.74, 6) is 1.40. The molecular formula is C22H30N10O. The SMILES string of the molecule is CN1CCN(c2ccc(Nc3nc(NCC(N)=O)nc4c3ncn4C3CCCC3)cn2)CC1. The van der Waals surface area contributed by atoms with Crippen LogP contribution in [0.5, 0.6) is 0 Å². The Balaban J connectivity index is 1.42. The van der Waals surface area contributed by atoms with Gasteiger partial charge in [-0.05, 0) is 32.0 Å². The molecule has 4 N–H and O–H groups in total. The van der Waals surface area contributed by atoms with Crippen molar-refractivity contribution in [3.63, 3.8) is 0 Å². The van der Waals surface area contributed by atoms with Gasteiger partial charge in [0.1, 0.15) is 5.82 Å². The number of imidazole rings is 1. The van der Waals surface area contributed by atoms with Crippen LogP contribution in [0.3, 0.4) is 0 Å². The van der Waals surface area contributed by atoms with Crippen molar-refractivity contribution in [2.24, 2.45) is 5.73 Å². The van der Waals surface area contributed by atoms with Crippen LogP contribution in [0.2, 0.25) is 0 Å². The van der Waals surface area contributed by atoms with Crippen LogP contribution >= 0.6 is 0 Å². The van der Waals surface area contributed by atoms with Crippen molar-refractivity contribution in [2.45, 2.75) is 31.7 Å². The van der Waals surface area contributed by atoms with Crippen molar-refractivity contribution in [2.75, 3.05) is 55.3 Å². The summed E-state index contributed by atoms with van der Waals surface area (Å²) >= 11 is 0. The number of amides is 1. The Morgan fingerprint density at radius 1 is 1.12 bits per heavy atom. The third-order valence-electron chi connectivity index (χ3n) is 6.40. The molecule has 1 saturated carbocycles. The zero-order valence-corrected chi connectivity index (χ0v) is 18.9. The van der Waals surface area contributed by atoms with E-state index in [1.165, 1.54) is 12.8 Å². The van der Waals surface area contributed by atoms with Gasteiger partial charge in [0, 0.05) is 32.2 Å². The molecule has 0 spiro atoms. The number of nitrogens with one attached hydrogen (secondary N) is 2. The van der Waals surface area contributed by atoms with Gasteiger partial charge in [-0.3, -0.25) is 4.79 Å². The van der Waals surface area contributed by atoms with E-state index in [0.29, 0.717) is 23.3 Å². The van der Waals surface area contributed by atoms with E-state index in [1.54, 1.807) is 0 Å². The number of nitrogens with zero attached hydrogens (tertiary/aromatic N) is 7. The van der Waals surface area contributed by atoms with Gasteiger partial charge in [-0.15, -0.1) is 0 Å². The predicted octanol–water partition coefficient (Wildman–Crippen LogP) is 1.73. The Kier molecular flexibility index (Phi) is 5.95. The van der Waals surface area contributed by atoms with E-state index in [1.807, 2.05) is 24.7 Å². The van der Waals surface area contributed by atoms with Gasteiger partial charge in [0.25, 0.3) is 0 Å². The first kappa shape index (κ1) is 21.4. The van der Waals surface area contributed by atoms with E-state index < -0.39 is 5.91 Å². The zero-order valence-electron chi connectivity index (χ0n) is 18.9. The summed E-state index contributed by atoms with van der Waals surface area (Å²) in [6.07, 6.45) is 8.29. The standard InChI is InChI=1S/C22H30N10O/c1-30-8-10-31(11-9-30)18-7-6-15(12-24-18)27-20-19-21(29-22(28-20)25-13-17(23)33)32(14-26-19)16-4-2-3-5-16/h6-7,12,14,16H,2-5,8-11,13H2,1H3,(H2,23,33)(H2,25,27,28,29). The van der Waals surface area contributed by atoms with Crippen LogP contribution in [0.1, 0.15) is 31.7 Å². The molecular weight excluding hydrogens is 420 g/mol. The lowest BCUT2D eigenvalue weighted by Crippen LogP contribution is -2.44. The normalized spacial score (nSPS) is 17.5. The van der Waals surface area contributed by atoms with Crippen molar-refractivity contribution < 1.29 is 4.79 Å². The summed E-state index contributed by atoms with van der Waals surface area (Å²) < 4.78 is 2.12. The van der Waals surface area contributed by atoms with E-state index in [4.69, 9.17) is 5.73 Å². The number of carbonyl (C=O) groups is 1. The number of pyridine rings is 1. The molecule has 3 aromatic heterocycles. The Hall–Kier alpha value is -3.47. The maximum absolute atomic E-state index is 11.3. The third-order valence-corrected chi connectivity index (χ3v) is 6.40. The van der Waals surface area contributed by atoms with Gasteiger partial charge in [0.2, 0.25) is 11.9 Å². The zero-order chi connectivity index (χ0) is 22.8. The van der Waals surface area contributed by atoms with Crippen LogP contribution < -0.4 is 21.3 Å². The average molecular weight is 451 g/mol. The van der Waals surface area contributed by atoms with E-state index in [2.05, 4.69) is 52.0 Å². The summed E-state index contributed by atoms with van der Waals surface area (Å²) in [4.78, 5) is 34.4. The Morgan fingerprint density at radius 2 is 1.91 bits per heavy atom. The molecule has 4 heterocycles. The summed E-state index contributed by atoms with van der Waals surface area (Å²) in [6.45, 7) is 3.97. The molecule has 3 aromatic rings. The van der Waals surface area contributed by atoms with Crippen LogP contribution in [-0.2, 0) is 4.79 Å². The van der Waals surface area contributed by atoms with Crippen LogP contribution in [0.25, 0.3) is 11.2 Å². The van der Waals surface area contributed by atoms with Gasteiger partial charge in [-0.25, -0.2) is 9.97 Å². The van der Waals surface area contributed by atoms with Gasteiger partial charge in [-0.1, -0.05) is 12.8 Å². The van der Waals surface area contributed by atoms with E-state index in [0.717, 1.165) is 56.2 Å². The minimum absolute atomic E-state index is 0.0379. The molecule has 0 atom stereocenters. The maximum Gasteiger partial charge on any atom is 0.236 e. The van der Waals surface area contributed by atoms with Crippen molar-refractivity contribution >= 4 is 40.3 Å². The summed E-state index contributed by atoms with van der Waals surface area (Å²) in [5.41, 5.74) is 7.54. The van der Waals surface area contributed by atoms with Crippen LogP contribution in [0.15, 0.2) is 24.7 Å². The van der Waals surface area contributed by atoms with Crippen LogP contribution in [0, 0.1) is 0 Å². The quantitative estimate of drug-likeness (QED) is 0.492. The minimum atomic E-state index is -0.471. The topological polar surface area (TPSA) is 130 Å². The molecule has 33 heavy (non-hydrogen) atoms. The smallest absolute Gasteiger partial charge is 0.236 e. The maximum atomic E-state index is 11.3. The fourth-order valence-electron chi connectivity index (χ4n) is 4.52. The second-order valence-electron chi connectivity index (χ2n) is 8.80. The second kappa shape index (κ2) is 9.18. The Morgan fingerprint density at radius 3 is 2.61 bits per heavy atom. The number of primary amides is 1. The highest BCUT2D eigenvalue weighted by atomic mass is 16.1. The number of likely N-dealkylation sites (N-methyl/N-ethyl adjacent to an activating group) is 1. The largest absolute Gasteiger partial charge is 0.368 e. The number of anilines is 4. The number of fused-ring (bicyclic) bond motifs is 1. The number of piperazine rings is 1. The number of aromatic nitrogens is 5. The predicted molar refractivity (Wildman–Crippen MR) is 128 cm³/mol. The molecule has 0 aromatic carbocycles. The molecule has 0 radical (unpaired) electrons. The lowest BCUT2D eigenvalue weighted by molar-refractivity contribution is -0.116. The first-order valence-corrected chi connectivity index (χ1v) is 11.5. The highest BCUT2D eigenvalue weighted by Crippen LogP contribution is 2.33. The van der Waals surface area contributed by atoms with E-state index >= 15 is 0 Å². The van der Waals surface area contributed by atoms with Gasteiger partial charge < -0.3 is 30.7 Å². The molecule has 1 aliphatic heterocycles. The van der Waals surface area contributed by atoms with Crippen molar-refractivity contribution in [1.82, 2.24) is 29.4 Å². The van der Waals surface area contributed by atoms with E-state index in [9.17, 15) is 4.79 Å². The monoisotopic (exact) mass is 450 g/mol. The molecule has 5 rings (SSSR count).